The molecule has 3 aromatic carbocycles. The van der Waals surface area contributed by atoms with Crippen LogP contribution in [-0.2, 0) is 16.9 Å². The maximum atomic E-state index is 13.3. The Labute approximate surface area is 174 Å². The number of anilines is 1. The number of ether oxygens (including phenoxy) is 1. The van der Waals surface area contributed by atoms with Gasteiger partial charge in [-0.05, 0) is 47.5 Å². The summed E-state index contributed by atoms with van der Waals surface area (Å²) in [4.78, 5) is 14.9. The Kier molecular flexibility index (Phi) is 5.14. The van der Waals surface area contributed by atoms with Gasteiger partial charge >= 0.3 is 0 Å². The zero-order chi connectivity index (χ0) is 20.4. The van der Waals surface area contributed by atoms with Crippen molar-refractivity contribution in [3.63, 3.8) is 0 Å². The van der Waals surface area contributed by atoms with Gasteiger partial charge in [-0.2, -0.15) is 0 Å². The van der Waals surface area contributed by atoms with Crippen molar-refractivity contribution in [2.24, 2.45) is 0 Å². The van der Waals surface area contributed by atoms with Crippen LogP contribution in [0.3, 0.4) is 0 Å². The minimum Gasteiger partial charge on any atom is -0.497 e. The van der Waals surface area contributed by atoms with E-state index in [1.807, 2.05) is 54.6 Å². The second kappa shape index (κ2) is 7.74. The first-order valence-corrected chi connectivity index (χ1v) is 9.60. The van der Waals surface area contributed by atoms with E-state index in [2.05, 4.69) is 0 Å². The number of hydrogen-bond donors (Lipinski definition) is 1. The Morgan fingerprint density at radius 3 is 2.48 bits per heavy atom. The Bertz CT molecular complexity index is 1060. The van der Waals surface area contributed by atoms with Crippen molar-refractivity contribution in [1.29, 1.82) is 0 Å². The average Bonchev–Trinajstić information content (AvgIpc) is 2.95. The molecule has 4 rings (SSSR count). The second-order valence-electron chi connectivity index (χ2n) is 6.91. The van der Waals surface area contributed by atoms with E-state index in [0.717, 1.165) is 16.9 Å². The van der Waals surface area contributed by atoms with E-state index >= 15 is 0 Å². The highest BCUT2D eigenvalue weighted by molar-refractivity contribution is 6.31. The van der Waals surface area contributed by atoms with Gasteiger partial charge in [-0.3, -0.25) is 4.79 Å². The molecular formula is C24H20ClNO3. The highest BCUT2D eigenvalue weighted by Crippen LogP contribution is 2.43. The molecule has 29 heavy (non-hydrogen) atoms. The molecule has 0 radical (unpaired) electrons. The van der Waals surface area contributed by atoms with E-state index in [1.54, 1.807) is 36.3 Å². The number of methoxy groups -OCH3 is 1. The Balaban J connectivity index is 1.71. The van der Waals surface area contributed by atoms with Gasteiger partial charge in [0.15, 0.2) is 5.60 Å². The molecule has 0 bridgehead atoms. The SMILES string of the molecule is COc1ccc(CN2C(=O)[C@](O)(/C=C/c3ccccc3)c3cc(Cl)ccc32)cc1. The van der Waals surface area contributed by atoms with Crippen LogP contribution in [0.2, 0.25) is 5.02 Å². The molecule has 1 amide bonds. The highest BCUT2D eigenvalue weighted by atomic mass is 35.5. The lowest BCUT2D eigenvalue weighted by molar-refractivity contribution is -0.131. The maximum Gasteiger partial charge on any atom is 0.268 e. The van der Waals surface area contributed by atoms with Gasteiger partial charge in [0.25, 0.3) is 5.91 Å². The summed E-state index contributed by atoms with van der Waals surface area (Å²) in [5.74, 6) is 0.341. The van der Waals surface area contributed by atoms with Crippen LogP contribution < -0.4 is 9.64 Å². The Morgan fingerprint density at radius 1 is 1.07 bits per heavy atom. The van der Waals surface area contributed by atoms with Crippen LogP contribution in [0.1, 0.15) is 16.7 Å². The Morgan fingerprint density at radius 2 is 1.79 bits per heavy atom. The lowest BCUT2D eigenvalue weighted by atomic mass is 9.94. The van der Waals surface area contributed by atoms with Crippen molar-refractivity contribution in [2.75, 3.05) is 12.0 Å². The van der Waals surface area contributed by atoms with Crippen molar-refractivity contribution < 1.29 is 14.6 Å². The fourth-order valence-electron chi connectivity index (χ4n) is 3.49. The molecule has 1 aliphatic heterocycles. The number of rotatable bonds is 5. The number of halogens is 1. The van der Waals surface area contributed by atoms with Gasteiger partial charge in [0.2, 0.25) is 0 Å². The normalized spacial score (nSPS) is 18.3. The molecule has 0 unspecified atom stereocenters. The summed E-state index contributed by atoms with van der Waals surface area (Å²) in [5, 5.41) is 11.8. The first-order valence-electron chi connectivity index (χ1n) is 9.23. The van der Waals surface area contributed by atoms with E-state index < -0.39 is 11.5 Å². The van der Waals surface area contributed by atoms with Crippen LogP contribution in [0, 0.1) is 0 Å². The summed E-state index contributed by atoms with van der Waals surface area (Å²) in [6, 6.07) is 22.2. The van der Waals surface area contributed by atoms with Gasteiger partial charge in [0, 0.05) is 10.6 Å². The third-order valence-corrected chi connectivity index (χ3v) is 5.28. The third kappa shape index (κ3) is 3.65. The van der Waals surface area contributed by atoms with E-state index in [1.165, 1.54) is 6.08 Å². The van der Waals surface area contributed by atoms with Gasteiger partial charge in [0.05, 0.1) is 19.3 Å². The summed E-state index contributed by atoms with van der Waals surface area (Å²) in [6.07, 6.45) is 3.29. The highest BCUT2D eigenvalue weighted by Gasteiger charge is 2.48. The molecule has 0 saturated heterocycles. The van der Waals surface area contributed by atoms with Gasteiger partial charge in [-0.1, -0.05) is 60.1 Å². The van der Waals surface area contributed by atoms with Crippen molar-refractivity contribution in [2.45, 2.75) is 12.1 Å². The molecule has 1 N–H and O–H groups in total. The van der Waals surface area contributed by atoms with Crippen molar-refractivity contribution >= 4 is 29.3 Å². The molecule has 3 aromatic rings. The largest absolute Gasteiger partial charge is 0.497 e. The second-order valence-corrected chi connectivity index (χ2v) is 7.35. The van der Waals surface area contributed by atoms with E-state index in [9.17, 15) is 9.90 Å². The quantitative estimate of drug-likeness (QED) is 0.663. The maximum absolute atomic E-state index is 13.3. The molecule has 1 atom stereocenters. The predicted molar refractivity (Wildman–Crippen MR) is 115 cm³/mol. The van der Waals surface area contributed by atoms with Crippen molar-refractivity contribution in [3.8, 4) is 5.75 Å². The summed E-state index contributed by atoms with van der Waals surface area (Å²) < 4.78 is 5.19. The molecule has 0 fully saturated rings. The van der Waals surface area contributed by atoms with Crippen LogP contribution >= 0.6 is 11.6 Å². The van der Waals surface area contributed by atoms with Gasteiger partial charge in [0.1, 0.15) is 5.75 Å². The lowest BCUT2D eigenvalue weighted by Gasteiger charge is -2.20. The molecular weight excluding hydrogens is 386 g/mol. The molecule has 5 heteroatoms. The molecule has 1 heterocycles. The number of amides is 1. The molecule has 0 spiro atoms. The number of aliphatic hydroxyl groups is 1. The minimum absolute atomic E-state index is 0.332. The first kappa shape index (κ1) is 19.2. The van der Waals surface area contributed by atoms with Crippen LogP contribution in [0.15, 0.2) is 78.9 Å². The first-order chi connectivity index (χ1) is 14.0. The van der Waals surface area contributed by atoms with E-state index in [4.69, 9.17) is 16.3 Å². The van der Waals surface area contributed by atoms with Gasteiger partial charge < -0.3 is 14.7 Å². The summed E-state index contributed by atoms with van der Waals surface area (Å²) >= 11 is 6.18. The summed E-state index contributed by atoms with van der Waals surface area (Å²) in [5.41, 5.74) is 1.18. The van der Waals surface area contributed by atoms with E-state index in [-0.39, 0.29) is 0 Å². The fraction of sp³-hybridized carbons (Fsp3) is 0.125. The van der Waals surface area contributed by atoms with E-state index in [0.29, 0.717) is 22.8 Å². The van der Waals surface area contributed by atoms with Crippen LogP contribution in [-0.4, -0.2) is 18.1 Å². The molecule has 1 aliphatic rings. The van der Waals surface area contributed by atoms with Gasteiger partial charge in [-0.25, -0.2) is 0 Å². The predicted octanol–water partition coefficient (Wildman–Crippen LogP) is 4.80. The lowest BCUT2D eigenvalue weighted by Crippen LogP contribution is -2.38. The Hall–Kier alpha value is -3.08. The zero-order valence-electron chi connectivity index (χ0n) is 15.9. The van der Waals surface area contributed by atoms with Crippen molar-refractivity contribution in [1.82, 2.24) is 0 Å². The molecule has 0 aromatic heterocycles. The summed E-state index contributed by atoms with van der Waals surface area (Å²) in [6.45, 7) is 0.332. The fourth-order valence-corrected chi connectivity index (χ4v) is 3.66. The number of carbonyl (C=O) groups excluding carboxylic acids is 1. The molecule has 0 saturated carbocycles. The van der Waals surface area contributed by atoms with Crippen LogP contribution in [0.4, 0.5) is 5.69 Å². The smallest absolute Gasteiger partial charge is 0.268 e. The summed E-state index contributed by atoms with van der Waals surface area (Å²) in [7, 11) is 1.61. The number of carbonyl (C=O) groups is 1. The zero-order valence-corrected chi connectivity index (χ0v) is 16.6. The number of hydrogen-bond acceptors (Lipinski definition) is 3. The number of benzene rings is 3. The number of fused-ring (bicyclic) bond motifs is 1. The van der Waals surface area contributed by atoms with Crippen molar-refractivity contribution in [3.05, 3.63) is 101 Å². The average molecular weight is 406 g/mol. The molecule has 4 nitrogen and oxygen atoms in total. The topological polar surface area (TPSA) is 49.8 Å². The van der Waals surface area contributed by atoms with Crippen LogP contribution in [0.25, 0.3) is 6.08 Å². The molecule has 0 aliphatic carbocycles. The number of nitrogens with zero attached hydrogens (tertiary/aromatic N) is 1. The monoisotopic (exact) mass is 405 g/mol. The third-order valence-electron chi connectivity index (χ3n) is 5.05. The molecule has 146 valence electrons. The van der Waals surface area contributed by atoms with Gasteiger partial charge in [-0.15, -0.1) is 0 Å². The van der Waals surface area contributed by atoms with Crippen LogP contribution in [0.5, 0.6) is 5.75 Å². The minimum atomic E-state index is -1.78. The standard InChI is InChI=1S/C24H20ClNO3/c1-29-20-10-7-18(8-11-20)16-26-22-12-9-19(25)15-21(22)24(28,23(26)27)14-13-17-5-3-2-4-6-17/h2-15,28H,16H2,1H3/b14-13+/t24-/m0/s1.